The topological polar surface area (TPSA) is 52.8 Å². The average Bonchev–Trinajstić information content (AvgIpc) is 2.63. The van der Waals surface area contributed by atoms with Gasteiger partial charge in [0, 0.05) is 24.8 Å². The molecule has 136 valence electrons. The summed E-state index contributed by atoms with van der Waals surface area (Å²) in [6.07, 6.45) is 0.787. The van der Waals surface area contributed by atoms with E-state index in [9.17, 15) is 0 Å². The summed E-state index contributed by atoms with van der Waals surface area (Å²) in [5.74, 6) is 0.664. The van der Waals surface area contributed by atoms with Crippen LogP contribution in [0.15, 0.2) is 42.5 Å². The molecule has 4 heteroatoms. The number of aromatic nitrogens is 2. The van der Waals surface area contributed by atoms with Gasteiger partial charge in [0.2, 0.25) is 5.95 Å². The third-order valence-corrected chi connectivity index (χ3v) is 4.78. The highest BCUT2D eigenvalue weighted by Crippen LogP contribution is 2.24. The van der Waals surface area contributed by atoms with Crippen LogP contribution in [-0.4, -0.2) is 17.0 Å². The van der Waals surface area contributed by atoms with Crippen LogP contribution in [0, 0.1) is 39.0 Å². The molecule has 0 N–H and O–H groups in total. The number of hydrogen-bond donors (Lipinski definition) is 0. The van der Waals surface area contributed by atoms with Crippen molar-refractivity contribution in [3.8, 4) is 6.07 Å². The first-order chi connectivity index (χ1) is 12.9. The molecule has 0 unspecified atom stereocenters. The smallest absolute Gasteiger partial charge is 0.230 e. The normalized spacial score (nSPS) is 10.5. The number of hydrogen-bond acceptors (Lipinski definition) is 4. The van der Waals surface area contributed by atoms with Crippen LogP contribution in [0.4, 0.5) is 11.6 Å². The van der Waals surface area contributed by atoms with E-state index in [4.69, 9.17) is 10.2 Å². The zero-order valence-electron chi connectivity index (χ0n) is 16.5. The molecule has 0 amide bonds. The molecule has 4 nitrogen and oxygen atoms in total. The van der Waals surface area contributed by atoms with Crippen LogP contribution in [0.3, 0.4) is 0 Å². The minimum Gasteiger partial charge on any atom is -0.314 e. The molecule has 0 aliphatic rings. The van der Waals surface area contributed by atoms with E-state index in [1.807, 2.05) is 43.1 Å². The van der Waals surface area contributed by atoms with Gasteiger partial charge in [0.25, 0.3) is 0 Å². The van der Waals surface area contributed by atoms with Gasteiger partial charge in [0.15, 0.2) is 0 Å². The van der Waals surface area contributed by atoms with Crippen LogP contribution in [0.2, 0.25) is 0 Å². The van der Waals surface area contributed by atoms with Crippen LogP contribution >= 0.6 is 0 Å². The summed E-state index contributed by atoms with van der Waals surface area (Å²) in [7, 11) is 1.95. The van der Waals surface area contributed by atoms with Gasteiger partial charge < -0.3 is 4.90 Å². The molecular formula is C23H24N4. The van der Waals surface area contributed by atoms with Crippen molar-refractivity contribution in [2.24, 2.45) is 0 Å². The van der Waals surface area contributed by atoms with Gasteiger partial charge in [-0.15, -0.1) is 0 Å². The SMILES string of the molecule is Cc1cc(C)c(Cc2cc(C)nc(N(C)c3ccc(C#N)cc3)n2)c(C)c1. The lowest BCUT2D eigenvalue weighted by Gasteiger charge is -2.19. The molecule has 0 saturated heterocycles. The molecule has 0 saturated carbocycles. The van der Waals surface area contributed by atoms with E-state index < -0.39 is 0 Å². The van der Waals surface area contributed by atoms with Crippen molar-refractivity contribution < 1.29 is 0 Å². The number of rotatable bonds is 4. The lowest BCUT2D eigenvalue weighted by Crippen LogP contribution is -2.15. The van der Waals surface area contributed by atoms with Crippen molar-refractivity contribution in [1.82, 2.24) is 9.97 Å². The van der Waals surface area contributed by atoms with E-state index in [0.29, 0.717) is 11.5 Å². The Bertz CT molecular complexity index is 991. The Morgan fingerprint density at radius 2 is 1.56 bits per heavy atom. The first kappa shape index (κ1) is 18.6. The molecule has 0 atom stereocenters. The quantitative estimate of drug-likeness (QED) is 0.664. The second-order valence-electron chi connectivity index (χ2n) is 7.07. The Morgan fingerprint density at radius 1 is 0.926 bits per heavy atom. The van der Waals surface area contributed by atoms with Crippen molar-refractivity contribution in [1.29, 1.82) is 5.26 Å². The predicted octanol–water partition coefficient (Wildman–Crippen LogP) is 4.94. The Labute approximate surface area is 161 Å². The van der Waals surface area contributed by atoms with E-state index in [2.05, 4.69) is 50.0 Å². The Hall–Kier alpha value is -3.19. The maximum atomic E-state index is 8.97. The standard InChI is InChI=1S/C23H24N4/c1-15-10-16(2)22(17(3)11-15)13-20-12-18(4)25-23(26-20)27(5)21-8-6-19(14-24)7-9-21/h6-12H,13H2,1-5H3. The van der Waals surface area contributed by atoms with Crippen LogP contribution in [-0.2, 0) is 6.42 Å². The number of aryl methyl sites for hydroxylation is 4. The molecule has 2 aromatic carbocycles. The third-order valence-electron chi connectivity index (χ3n) is 4.78. The third kappa shape index (κ3) is 4.15. The molecule has 0 fully saturated rings. The lowest BCUT2D eigenvalue weighted by atomic mass is 9.96. The number of nitriles is 1. The molecule has 3 rings (SSSR count). The summed E-state index contributed by atoms with van der Waals surface area (Å²) >= 11 is 0. The minimum atomic E-state index is 0.642. The fourth-order valence-corrected chi connectivity index (χ4v) is 3.40. The number of nitrogens with zero attached hydrogens (tertiary/aromatic N) is 4. The van der Waals surface area contributed by atoms with E-state index in [1.165, 1.54) is 22.3 Å². The zero-order chi connectivity index (χ0) is 19.6. The van der Waals surface area contributed by atoms with Crippen molar-refractivity contribution in [2.45, 2.75) is 34.1 Å². The monoisotopic (exact) mass is 356 g/mol. The molecule has 27 heavy (non-hydrogen) atoms. The van der Waals surface area contributed by atoms with Gasteiger partial charge in [-0.3, -0.25) is 0 Å². The van der Waals surface area contributed by atoms with Gasteiger partial charge >= 0.3 is 0 Å². The van der Waals surface area contributed by atoms with Gasteiger partial charge in [-0.25, -0.2) is 9.97 Å². The van der Waals surface area contributed by atoms with Crippen molar-refractivity contribution in [3.63, 3.8) is 0 Å². The molecule has 0 bridgehead atoms. The maximum absolute atomic E-state index is 8.97. The molecule has 0 spiro atoms. The summed E-state index contributed by atoms with van der Waals surface area (Å²) in [4.78, 5) is 11.4. The van der Waals surface area contributed by atoms with Gasteiger partial charge in [0.1, 0.15) is 0 Å². The lowest BCUT2D eigenvalue weighted by molar-refractivity contribution is 0.948. The van der Waals surface area contributed by atoms with Crippen molar-refractivity contribution >= 4 is 11.6 Å². The fourth-order valence-electron chi connectivity index (χ4n) is 3.40. The van der Waals surface area contributed by atoms with Crippen LogP contribution in [0.5, 0.6) is 0 Å². The van der Waals surface area contributed by atoms with E-state index in [0.717, 1.165) is 23.5 Å². The first-order valence-corrected chi connectivity index (χ1v) is 9.02. The molecule has 3 aromatic rings. The Balaban J connectivity index is 1.93. The predicted molar refractivity (Wildman–Crippen MR) is 109 cm³/mol. The molecule has 0 aliphatic carbocycles. The largest absolute Gasteiger partial charge is 0.314 e. The number of anilines is 2. The molecule has 1 heterocycles. The molecular weight excluding hydrogens is 332 g/mol. The van der Waals surface area contributed by atoms with Crippen LogP contribution in [0.1, 0.15) is 39.2 Å². The highest BCUT2D eigenvalue weighted by molar-refractivity contribution is 5.58. The average molecular weight is 356 g/mol. The van der Waals surface area contributed by atoms with Gasteiger partial charge in [-0.2, -0.15) is 5.26 Å². The van der Waals surface area contributed by atoms with Crippen LogP contribution < -0.4 is 4.90 Å². The summed E-state index contributed by atoms with van der Waals surface area (Å²) in [6.45, 7) is 8.44. The van der Waals surface area contributed by atoms with E-state index >= 15 is 0 Å². The molecule has 1 aromatic heterocycles. The second-order valence-corrected chi connectivity index (χ2v) is 7.07. The fraction of sp³-hybridized carbons (Fsp3) is 0.261. The number of benzene rings is 2. The first-order valence-electron chi connectivity index (χ1n) is 9.02. The van der Waals surface area contributed by atoms with Crippen LogP contribution in [0.25, 0.3) is 0 Å². The molecule has 0 aliphatic heterocycles. The maximum Gasteiger partial charge on any atom is 0.230 e. The minimum absolute atomic E-state index is 0.642. The second kappa shape index (κ2) is 7.59. The zero-order valence-corrected chi connectivity index (χ0v) is 16.5. The summed E-state index contributed by atoms with van der Waals surface area (Å²) in [5, 5.41) is 8.97. The summed E-state index contributed by atoms with van der Waals surface area (Å²) < 4.78 is 0. The summed E-state index contributed by atoms with van der Waals surface area (Å²) in [6, 6.07) is 16.1. The van der Waals surface area contributed by atoms with Gasteiger partial charge in [-0.1, -0.05) is 17.7 Å². The summed E-state index contributed by atoms with van der Waals surface area (Å²) in [5.41, 5.74) is 8.75. The van der Waals surface area contributed by atoms with Gasteiger partial charge in [0.05, 0.1) is 17.3 Å². The van der Waals surface area contributed by atoms with E-state index in [1.54, 1.807) is 0 Å². The van der Waals surface area contributed by atoms with Gasteiger partial charge in [-0.05, 0) is 74.7 Å². The Kier molecular flexibility index (Phi) is 5.23. The Morgan fingerprint density at radius 3 is 2.15 bits per heavy atom. The van der Waals surface area contributed by atoms with Crippen molar-refractivity contribution in [2.75, 3.05) is 11.9 Å². The highest BCUT2D eigenvalue weighted by atomic mass is 15.2. The van der Waals surface area contributed by atoms with E-state index in [-0.39, 0.29) is 0 Å². The van der Waals surface area contributed by atoms with Crippen molar-refractivity contribution in [3.05, 3.63) is 81.7 Å². The molecule has 0 radical (unpaired) electrons. The highest BCUT2D eigenvalue weighted by Gasteiger charge is 2.12.